The standard InChI is InChI=1S/C16H21N5O2/c1-3-19-8-9-20(12(2)11-19)16(23)13-4-5-14(17-10-13)21-7-6-15(22)18-21/h4-7,10,12H,3,8-9,11H2,1-2H3,(H,18,22). The van der Waals surface area contributed by atoms with Crippen LogP contribution in [-0.2, 0) is 0 Å². The summed E-state index contributed by atoms with van der Waals surface area (Å²) in [6, 6.07) is 5.10. The fourth-order valence-electron chi connectivity index (χ4n) is 2.91. The molecule has 0 aliphatic carbocycles. The number of hydrogen-bond acceptors (Lipinski definition) is 4. The monoisotopic (exact) mass is 315 g/mol. The number of hydrogen-bond donors (Lipinski definition) is 1. The lowest BCUT2D eigenvalue weighted by molar-refractivity contribution is 0.0499. The lowest BCUT2D eigenvalue weighted by atomic mass is 10.1. The van der Waals surface area contributed by atoms with Gasteiger partial charge in [-0.05, 0) is 25.6 Å². The average molecular weight is 315 g/mol. The lowest BCUT2D eigenvalue weighted by Crippen LogP contribution is -2.53. The number of pyridine rings is 1. The van der Waals surface area contributed by atoms with Crippen molar-refractivity contribution in [3.05, 3.63) is 46.5 Å². The third kappa shape index (κ3) is 3.19. The van der Waals surface area contributed by atoms with Crippen molar-refractivity contribution in [3.8, 4) is 5.82 Å². The minimum Gasteiger partial charge on any atom is -0.333 e. The maximum atomic E-state index is 12.7. The highest BCUT2D eigenvalue weighted by Gasteiger charge is 2.27. The lowest BCUT2D eigenvalue weighted by Gasteiger charge is -2.39. The Labute approximate surface area is 134 Å². The molecule has 1 amide bonds. The molecule has 3 rings (SSSR count). The molecule has 1 aliphatic heterocycles. The van der Waals surface area contributed by atoms with Crippen LogP contribution in [0, 0.1) is 0 Å². The van der Waals surface area contributed by atoms with E-state index in [-0.39, 0.29) is 17.5 Å². The van der Waals surface area contributed by atoms with E-state index in [4.69, 9.17) is 0 Å². The number of nitrogens with one attached hydrogen (secondary N) is 1. The number of carbonyl (C=O) groups excluding carboxylic acids is 1. The summed E-state index contributed by atoms with van der Waals surface area (Å²) >= 11 is 0. The molecule has 23 heavy (non-hydrogen) atoms. The predicted octanol–water partition coefficient (Wildman–Crippen LogP) is 0.727. The topological polar surface area (TPSA) is 74.2 Å². The van der Waals surface area contributed by atoms with Crippen LogP contribution in [0.25, 0.3) is 5.82 Å². The molecule has 0 radical (unpaired) electrons. The van der Waals surface area contributed by atoms with Crippen molar-refractivity contribution >= 4 is 5.91 Å². The summed E-state index contributed by atoms with van der Waals surface area (Å²) in [5.41, 5.74) is 0.384. The fraction of sp³-hybridized carbons (Fsp3) is 0.438. The van der Waals surface area contributed by atoms with Gasteiger partial charge in [0.05, 0.1) is 5.56 Å². The quantitative estimate of drug-likeness (QED) is 0.906. The summed E-state index contributed by atoms with van der Waals surface area (Å²) in [6.07, 6.45) is 3.17. The number of nitrogens with zero attached hydrogens (tertiary/aromatic N) is 4. The largest absolute Gasteiger partial charge is 0.333 e. The van der Waals surface area contributed by atoms with Gasteiger partial charge in [0.1, 0.15) is 0 Å². The van der Waals surface area contributed by atoms with Crippen LogP contribution in [-0.4, -0.2) is 62.7 Å². The molecule has 2 aromatic heterocycles. The summed E-state index contributed by atoms with van der Waals surface area (Å²) < 4.78 is 1.53. The normalized spacial score (nSPS) is 19.0. The highest BCUT2D eigenvalue weighted by atomic mass is 16.2. The van der Waals surface area contributed by atoms with Crippen LogP contribution in [0.3, 0.4) is 0 Å². The van der Waals surface area contributed by atoms with Gasteiger partial charge in [0.15, 0.2) is 5.82 Å². The van der Waals surface area contributed by atoms with Crippen molar-refractivity contribution in [1.29, 1.82) is 0 Å². The number of carbonyl (C=O) groups is 1. The summed E-state index contributed by atoms with van der Waals surface area (Å²) in [7, 11) is 0. The van der Waals surface area contributed by atoms with Crippen molar-refractivity contribution in [2.45, 2.75) is 19.9 Å². The van der Waals surface area contributed by atoms with Gasteiger partial charge in [-0.3, -0.25) is 19.6 Å². The van der Waals surface area contributed by atoms with E-state index >= 15 is 0 Å². The molecular formula is C16H21N5O2. The van der Waals surface area contributed by atoms with Crippen molar-refractivity contribution in [2.24, 2.45) is 0 Å². The van der Waals surface area contributed by atoms with Gasteiger partial charge in [-0.15, -0.1) is 0 Å². The molecule has 1 unspecified atom stereocenters. The molecule has 1 atom stereocenters. The molecule has 0 aromatic carbocycles. The van der Waals surface area contributed by atoms with Gasteiger partial charge >= 0.3 is 0 Å². The number of amides is 1. The van der Waals surface area contributed by atoms with Gasteiger partial charge in [-0.1, -0.05) is 6.92 Å². The maximum Gasteiger partial charge on any atom is 0.264 e. The minimum absolute atomic E-state index is 0.00769. The molecule has 1 aliphatic rings. The Morgan fingerprint density at radius 1 is 1.35 bits per heavy atom. The molecule has 0 bridgehead atoms. The highest BCUT2D eigenvalue weighted by molar-refractivity contribution is 5.94. The maximum absolute atomic E-state index is 12.7. The van der Waals surface area contributed by atoms with Crippen molar-refractivity contribution in [2.75, 3.05) is 26.2 Å². The second-order valence-corrected chi connectivity index (χ2v) is 5.81. The van der Waals surface area contributed by atoms with Crippen LogP contribution in [0.4, 0.5) is 0 Å². The summed E-state index contributed by atoms with van der Waals surface area (Å²) in [5, 5.41) is 2.62. The first-order valence-electron chi connectivity index (χ1n) is 7.86. The zero-order valence-electron chi connectivity index (χ0n) is 13.4. The van der Waals surface area contributed by atoms with Gasteiger partial charge in [-0.2, -0.15) is 0 Å². The van der Waals surface area contributed by atoms with Crippen molar-refractivity contribution < 1.29 is 4.79 Å². The highest BCUT2D eigenvalue weighted by Crippen LogP contribution is 2.14. The number of rotatable bonds is 3. The summed E-state index contributed by atoms with van der Waals surface area (Å²) in [6.45, 7) is 7.77. The molecule has 1 N–H and O–H groups in total. The average Bonchev–Trinajstić information content (AvgIpc) is 3.00. The SMILES string of the molecule is CCN1CCN(C(=O)c2ccc(-n3ccc(=O)[nH]3)nc2)C(C)C1. The number of H-pyrrole nitrogens is 1. The molecule has 1 saturated heterocycles. The first kappa shape index (κ1) is 15.5. The third-order valence-corrected chi connectivity index (χ3v) is 4.27. The second-order valence-electron chi connectivity index (χ2n) is 5.81. The van der Waals surface area contributed by atoms with E-state index in [1.807, 2.05) is 4.90 Å². The van der Waals surface area contributed by atoms with E-state index in [0.717, 1.165) is 26.2 Å². The fourth-order valence-corrected chi connectivity index (χ4v) is 2.91. The van der Waals surface area contributed by atoms with E-state index in [2.05, 4.69) is 28.8 Å². The van der Waals surface area contributed by atoms with Crippen LogP contribution in [0.5, 0.6) is 0 Å². The van der Waals surface area contributed by atoms with E-state index in [1.54, 1.807) is 24.5 Å². The summed E-state index contributed by atoms with van der Waals surface area (Å²) in [5.74, 6) is 0.584. The Hall–Kier alpha value is -2.41. The van der Waals surface area contributed by atoms with E-state index in [0.29, 0.717) is 11.4 Å². The van der Waals surface area contributed by atoms with Crippen LogP contribution < -0.4 is 5.56 Å². The molecule has 7 nitrogen and oxygen atoms in total. The van der Waals surface area contributed by atoms with E-state index < -0.39 is 0 Å². The molecule has 122 valence electrons. The van der Waals surface area contributed by atoms with Crippen LogP contribution in [0.1, 0.15) is 24.2 Å². The van der Waals surface area contributed by atoms with Crippen LogP contribution in [0.2, 0.25) is 0 Å². The number of aromatic amines is 1. The first-order valence-corrected chi connectivity index (χ1v) is 7.86. The zero-order valence-corrected chi connectivity index (χ0v) is 13.4. The molecule has 1 fully saturated rings. The molecule has 2 aromatic rings. The molecular weight excluding hydrogens is 294 g/mol. The van der Waals surface area contributed by atoms with Crippen LogP contribution in [0.15, 0.2) is 35.4 Å². The third-order valence-electron chi connectivity index (χ3n) is 4.27. The summed E-state index contributed by atoms with van der Waals surface area (Å²) in [4.78, 5) is 32.3. The van der Waals surface area contributed by atoms with E-state index in [9.17, 15) is 9.59 Å². The van der Waals surface area contributed by atoms with E-state index in [1.165, 1.54) is 10.7 Å². The first-order chi connectivity index (χ1) is 11.1. The van der Waals surface area contributed by atoms with Gasteiger partial charge in [0.2, 0.25) is 0 Å². The van der Waals surface area contributed by atoms with Gasteiger partial charge < -0.3 is 4.90 Å². The van der Waals surface area contributed by atoms with Crippen LogP contribution >= 0.6 is 0 Å². The van der Waals surface area contributed by atoms with Crippen molar-refractivity contribution in [1.82, 2.24) is 24.6 Å². The molecule has 3 heterocycles. The Kier molecular flexibility index (Phi) is 4.29. The van der Waals surface area contributed by atoms with Gasteiger partial charge in [0, 0.05) is 44.1 Å². The van der Waals surface area contributed by atoms with Gasteiger partial charge in [0.25, 0.3) is 11.5 Å². The zero-order chi connectivity index (χ0) is 16.4. The Balaban J connectivity index is 1.74. The number of aromatic nitrogens is 3. The molecule has 0 saturated carbocycles. The Bertz CT molecular complexity index is 733. The Morgan fingerprint density at radius 2 is 2.17 bits per heavy atom. The smallest absolute Gasteiger partial charge is 0.264 e. The van der Waals surface area contributed by atoms with Gasteiger partial charge in [-0.25, -0.2) is 9.67 Å². The Morgan fingerprint density at radius 3 is 2.74 bits per heavy atom. The molecule has 0 spiro atoms. The number of likely N-dealkylation sites (N-methyl/N-ethyl adjacent to an activating group) is 1. The second kappa shape index (κ2) is 6.37. The number of piperazine rings is 1. The van der Waals surface area contributed by atoms with Crippen molar-refractivity contribution in [3.63, 3.8) is 0 Å². The predicted molar refractivity (Wildman–Crippen MR) is 86.8 cm³/mol. The molecule has 7 heteroatoms. The minimum atomic E-state index is -0.186.